The molecule has 0 aliphatic carbocycles. The Morgan fingerprint density at radius 2 is 1.91 bits per heavy atom. The molecule has 0 saturated carbocycles. The standard InChI is InChI=1S/C23H25N7OS.C2H6/c1-14-9-15(18-7-8-24-22(30-18)29-17-11-27-28-12-17)5-6-16(14)10-25-20(31)19-13-26-21(32-19)23(2,3)4;1-2/h5-9,11-13H,10H2,1-4H3,(H,25,31)(H,27,28)(H,24,29,30);1-2H3. The maximum Gasteiger partial charge on any atom is 0.263 e. The predicted molar refractivity (Wildman–Crippen MR) is 137 cm³/mol. The lowest BCUT2D eigenvalue weighted by Gasteiger charge is -2.13. The SMILES string of the molecule is CC.Cc1cc(-c2ccnc(Nc3cn[nH]c3)n2)ccc1CNC(=O)c1cnc(C(C)(C)C)s1. The topological polar surface area (TPSA) is 108 Å². The molecule has 0 aliphatic heterocycles. The van der Waals surface area contributed by atoms with Crippen molar-refractivity contribution in [2.45, 2.75) is 53.5 Å². The van der Waals surface area contributed by atoms with E-state index in [-0.39, 0.29) is 11.3 Å². The van der Waals surface area contributed by atoms with Crippen LogP contribution in [0.4, 0.5) is 11.6 Å². The third-order valence-electron chi connectivity index (χ3n) is 4.86. The van der Waals surface area contributed by atoms with Gasteiger partial charge in [-0.2, -0.15) is 5.10 Å². The molecule has 0 radical (unpaired) electrons. The molecule has 3 aromatic heterocycles. The van der Waals surface area contributed by atoms with Crippen molar-refractivity contribution >= 4 is 28.9 Å². The molecule has 34 heavy (non-hydrogen) atoms. The Hall–Kier alpha value is -3.59. The minimum absolute atomic E-state index is 0.0650. The zero-order valence-corrected chi connectivity index (χ0v) is 21.2. The van der Waals surface area contributed by atoms with Crippen LogP contribution < -0.4 is 10.6 Å². The van der Waals surface area contributed by atoms with E-state index in [9.17, 15) is 4.79 Å². The van der Waals surface area contributed by atoms with Crippen LogP contribution in [0.3, 0.4) is 0 Å². The van der Waals surface area contributed by atoms with Crippen molar-refractivity contribution in [3.05, 3.63) is 70.1 Å². The van der Waals surface area contributed by atoms with Gasteiger partial charge in [-0.25, -0.2) is 15.0 Å². The third-order valence-corrected chi connectivity index (χ3v) is 6.28. The van der Waals surface area contributed by atoms with Crippen LogP contribution in [0.1, 0.15) is 60.4 Å². The molecule has 9 heteroatoms. The fraction of sp³-hybridized carbons (Fsp3) is 0.320. The van der Waals surface area contributed by atoms with Gasteiger partial charge in [0.1, 0.15) is 4.88 Å². The zero-order valence-electron chi connectivity index (χ0n) is 20.4. The Balaban J connectivity index is 0.00000158. The lowest BCUT2D eigenvalue weighted by molar-refractivity contribution is 0.0954. The Bertz CT molecular complexity index is 1230. The lowest BCUT2D eigenvalue weighted by Crippen LogP contribution is -2.22. The second kappa shape index (κ2) is 11.0. The number of amides is 1. The van der Waals surface area contributed by atoms with Crippen LogP contribution in [-0.2, 0) is 12.0 Å². The number of thiazole rings is 1. The average Bonchev–Trinajstić information content (AvgIpc) is 3.52. The minimum Gasteiger partial charge on any atom is -0.347 e. The summed E-state index contributed by atoms with van der Waals surface area (Å²) in [7, 11) is 0. The number of nitrogens with one attached hydrogen (secondary N) is 3. The zero-order chi connectivity index (χ0) is 24.7. The van der Waals surface area contributed by atoms with Gasteiger partial charge in [-0.1, -0.05) is 46.8 Å². The van der Waals surface area contributed by atoms with Gasteiger partial charge >= 0.3 is 0 Å². The number of H-pyrrole nitrogens is 1. The van der Waals surface area contributed by atoms with Gasteiger partial charge in [-0.15, -0.1) is 11.3 Å². The summed E-state index contributed by atoms with van der Waals surface area (Å²) >= 11 is 1.44. The number of anilines is 2. The summed E-state index contributed by atoms with van der Waals surface area (Å²) in [6.45, 7) is 12.7. The smallest absolute Gasteiger partial charge is 0.263 e. The molecular formula is C25H31N7OS. The molecule has 3 heterocycles. The maximum atomic E-state index is 12.6. The Morgan fingerprint density at radius 3 is 2.56 bits per heavy atom. The van der Waals surface area contributed by atoms with E-state index in [1.807, 2.05) is 39.0 Å². The van der Waals surface area contributed by atoms with Gasteiger partial charge in [-0.05, 0) is 30.2 Å². The molecule has 0 spiro atoms. The first kappa shape index (κ1) is 25.0. The summed E-state index contributed by atoms with van der Waals surface area (Å²) in [6.07, 6.45) is 6.77. The number of nitrogens with zero attached hydrogens (tertiary/aromatic N) is 4. The van der Waals surface area contributed by atoms with Crippen LogP contribution in [0.2, 0.25) is 0 Å². The number of aryl methyl sites for hydroxylation is 1. The molecule has 1 amide bonds. The van der Waals surface area contributed by atoms with Crippen molar-refractivity contribution in [3.63, 3.8) is 0 Å². The lowest BCUT2D eigenvalue weighted by atomic mass is 9.98. The molecule has 8 nitrogen and oxygen atoms in total. The molecule has 3 N–H and O–H groups in total. The summed E-state index contributed by atoms with van der Waals surface area (Å²) < 4.78 is 0. The van der Waals surface area contributed by atoms with Crippen LogP contribution in [-0.4, -0.2) is 31.1 Å². The first-order chi connectivity index (χ1) is 16.3. The summed E-state index contributed by atoms with van der Waals surface area (Å²) in [6, 6.07) is 7.95. The van der Waals surface area contributed by atoms with E-state index in [0.29, 0.717) is 17.4 Å². The maximum absolute atomic E-state index is 12.6. The van der Waals surface area contributed by atoms with Gasteiger partial charge in [-0.3, -0.25) is 9.89 Å². The highest BCUT2D eigenvalue weighted by molar-refractivity contribution is 7.13. The number of benzene rings is 1. The van der Waals surface area contributed by atoms with Crippen molar-refractivity contribution in [3.8, 4) is 11.3 Å². The summed E-state index contributed by atoms with van der Waals surface area (Å²) in [5.41, 5.74) is 4.64. The van der Waals surface area contributed by atoms with Crippen molar-refractivity contribution in [1.29, 1.82) is 0 Å². The molecule has 0 bridgehead atoms. The van der Waals surface area contributed by atoms with E-state index in [1.54, 1.807) is 24.8 Å². The molecule has 0 aliphatic rings. The highest BCUT2D eigenvalue weighted by atomic mass is 32.1. The molecule has 178 valence electrons. The van der Waals surface area contributed by atoms with E-state index in [2.05, 4.69) is 62.6 Å². The number of aromatic amines is 1. The summed E-state index contributed by atoms with van der Waals surface area (Å²) in [5.74, 6) is 0.393. The summed E-state index contributed by atoms with van der Waals surface area (Å²) in [4.78, 5) is 26.4. The minimum atomic E-state index is -0.104. The Morgan fingerprint density at radius 1 is 1.12 bits per heavy atom. The number of hydrogen-bond acceptors (Lipinski definition) is 7. The quantitative estimate of drug-likeness (QED) is 0.332. The molecule has 4 aromatic rings. The first-order valence-corrected chi connectivity index (χ1v) is 12.0. The highest BCUT2D eigenvalue weighted by Crippen LogP contribution is 2.27. The molecular weight excluding hydrogens is 446 g/mol. The van der Waals surface area contributed by atoms with Gasteiger partial charge in [0, 0.05) is 29.9 Å². The highest BCUT2D eigenvalue weighted by Gasteiger charge is 2.20. The van der Waals surface area contributed by atoms with Crippen molar-refractivity contribution in [1.82, 2.24) is 30.5 Å². The van der Waals surface area contributed by atoms with Crippen LogP contribution in [0.25, 0.3) is 11.3 Å². The normalized spacial score (nSPS) is 10.9. The summed E-state index contributed by atoms with van der Waals surface area (Å²) in [5, 5.41) is 13.7. The van der Waals surface area contributed by atoms with E-state index in [1.165, 1.54) is 11.3 Å². The monoisotopic (exact) mass is 477 g/mol. The number of rotatable bonds is 6. The second-order valence-electron chi connectivity index (χ2n) is 8.48. The largest absolute Gasteiger partial charge is 0.347 e. The second-order valence-corrected chi connectivity index (χ2v) is 9.51. The third kappa shape index (κ3) is 6.26. The van der Waals surface area contributed by atoms with Gasteiger partial charge in [0.15, 0.2) is 0 Å². The molecule has 0 atom stereocenters. The van der Waals surface area contributed by atoms with Gasteiger partial charge < -0.3 is 10.6 Å². The van der Waals surface area contributed by atoms with Gasteiger partial charge in [0.2, 0.25) is 5.95 Å². The van der Waals surface area contributed by atoms with E-state index in [4.69, 9.17) is 0 Å². The average molecular weight is 478 g/mol. The number of carbonyl (C=O) groups is 1. The van der Waals surface area contributed by atoms with Crippen molar-refractivity contribution < 1.29 is 4.79 Å². The molecule has 0 saturated heterocycles. The van der Waals surface area contributed by atoms with E-state index >= 15 is 0 Å². The van der Waals surface area contributed by atoms with E-state index < -0.39 is 0 Å². The van der Waals surface area contributed by atoms with Gasteiger partial charge in [0.05, 0.1) is 28.8 Å². The number of carbonyl (C=O) groups excluding carboxylic acids is 1. The van der Waals surface area contributed by atoms with Crippen LogP contribution in [0.5, 0.6) is 0 Å². The van der Waals surface area contributed by atoms with Gasteiger partial charge in [0.25, 0.3) is 5.91 Å². The number of hydrogen-bond donors (Lipinski definition) is 3. The molecule has 1 aromatic carbocycles. The van der Waals surface area contributed by atoms with Crippen molar-refractivity contribution in [2.75, 3.05) is 5.32 Å². The fourth-order valence-electron chi connectivity index (χ4n) is 3.07. The van der Waals surface area contributed by atoms with Crippen LogP contribution in [0, 0.1) is 6.92 Å². The number of aromatic nitrogens is 5. The fourth-order valence-corrected chi connectivity index (χ4v) is 3.96. The Kier molecular flexibility index (Phi) is 8.12. The molecule has 0 fully saturated rings. The predicted octanol–water partition coefficient (Wildman–Crippen LogP) is 5.63. The van der Waals surface area contributed by atoms with E-state index in [0.717, 1.165) is 33.1 Å². The van der Waals surface area contributed by atoms with Crippen LogP contribution in [0.15, 0.2) is 49.1 Å². The Labute approximate surface area is 204 Å². The first-order valence-electron chi connectivity index (χ1n) is 11.2. The van der Waals surface area contributed by atoms with Crippen molar-refractivity contribution in [2.24, 2.45) is 0 Å². The molecule has 0 unspecified atom stereocenters. The molecule has 4 rings (SSSR count). The van der Waals surface area contributed by atoms with Crippen LogP contribution >= 0.6 is 11.3 Å².